The van der Waals surface area contributed by atoms with Crippen LogP contribution in [-0.2, 0) is 0 Å². The van der Waals surface area contributed by atoms with Crippen LogP contribution in [0.4, 0.5) is 17.1 Å². The first-order valence-electron chi connectivity index (χ1n) is 13.1. The summed E-state index contributed by atoms with van der Waals surface area (Å²) in [6.45, 7) is 0. The standard InChI is InChI=1S/C36H28BrNSi/c37-29-15-13-25-35(27-29)39(33-21-9-3-10-22-33,34-23-11-4-12-24-34)36-26-14-20-32(28-36)38(30-16-5-1-6-17-30)31-18-7-2-8-19-31/h1-28H. The fourth-order valence-electron chi connectivity index (χ4n) is 5.58. The molecule has 0 saturated carbocycles. The molecule has 6 aromatic rings. The van der Waals surface area contributed by atoms with E-state index in [-0.39, 0.29) is 0 Å². The Hall–Kier alpha value is -4.18. The maximum atomic E-state index is 3.79. The third kappa shape index (κ3) is 4.87. The minimum absolute atomic E-state index is 1.09. The van der Waals surface area contributed by atoms with Crippen LogP contribution in [0.1, 0.15) is 0 Å². The fraction of sp³-hybridized carbons (Fsp3) is 0. The van der Waals surface area contributed by atoms with E-state index in [4.69, 9.17) is 0 Å². The van der Waals surface area contributed by atoms with Crippen molar-refractivity contribution in [1.82, 2.24) is 0 Å². The molecular weight excluding hydrogens is 554 g/mol. The Morgan fingerprint density at radius 3 is 1.23 bits per heavy atom. The quantitative estimate of drug-likeness (QED) is 0.141. The van der Waals surface area contributed by atoms with Crippen molar-refractivity contribution in [3.8, 4) is 0 Å². The van der Waals surface area contributed by atoms with E-state index in [0.717, 1.165) is 21.5 Å². The van der Waals surface area contributed by atoms with Crippen LogP contribution in [0.3, 0.4) is 0 Å². The van der Waals surface area contributed by atoms with Crippen LogP contribution < -0.4 is 25.6 Å². The SMILES string of the molecule is Brc1cccc([Si](c2ccccc2)(c2ccccc2)c2cccc(N(c3ccccc3)c3ccccc3)c2)c1. The Bertz CT molecular complexity index is 1580. The summed E-state index contributed by atoms with van der Waals surface area (Å²) in [5, 5.41) is 5.40. The molecule has 0 unspecified atom stereocenters. The zero-order valence-corrected chi connectivity index (χ0v) is 24.1. The van der Waals surface area contributed by atoms with Gasteiger partial charge in [-0.15, -0.1) is 0 Å². The van der Waals surface area contributed by atoms with Gasteiger partial charge in [-0.2, -0.15) is 0 Å². The summed E-state index contributed by atoms with van der Waals surface area (Å²) in [6.07, 6.45) is 0. The lowest BCUT2D eigenvalue weighted by molar-refractivity contribution is 1.29. The summed E-state index contributed by atoms with van der Waals surface area (Å²) in [7, 11) is -2.67. The monoisotopic (exact) mass is 581 g/mol. The topological polar surface area (TPSA) is 3.24 Å². The van der Waals surface area contributed by atoms with Gasteiger partial charge in [0.25, 0.3) is 0 Å². The van der Waals surface area contributed by atoms with Crippen molar-refractivity contribution in [1.29, 1.82) is 0 Å². The molecule has 188 valence electrons. The Morgan fingerprint density at radius 2 is 0.744 bits per heavy atom. The van der Waals surface area contributed by atoms with E-state index in [2.05, 4.69) is 191 Å². The maximum absolute atomic E-state index is 3.79. The lowest BCUT2D eigenvalue weighted by Gasteiger charge is -2.35. The number of benzene rings is 6. The van der Waals surface area contributed by atoms with Gasteiger partial charge >= 0.3 is 0 Å². The van der Waals surface area contributed by atoms with Crippen molar-refractivity contribution in [2.24, 2.45) is 0 Å². The lowest BCUT2D eigenvalue weighted by atomic mass is 10.2. The summed E-state index contributed by atoms with van der Waals surface area (Å²) < 4.78 is 1.09. The van der Waals surface area contributed by atoms with Crippen molar-refractivity contribution < 1.29 is 0 Å². The molecule has 0 aliphatic carbocycles. The number of anilines is 3. The Labute approximate surface area is 240 Å². The van der Waals surface area contributed by atoms with Gasteiger partial charge in [0.05, 0.1) is 0 Å². The normalized spacial score (nSPS) is 11.2. The summed E-state index contributed by atoms with van der Waals surface area (Å²) in [6, 6.07) is 61.4. The Kier molecular flexibility index (Phi) is 7.26. The molecule has 0 amide bonds. The van der Waals surface area contributed by atoms with Crippen molar-refractivity contribution in [2.75, 3.05) is 4.90 Å². The molecule has 0 saturated heterocycles. The Morgan fingerprint density at radius 1 is 0.359 bits per heavy atom. The van der Waals surface area contributed by atoms with Crippen LogP contribution in [0.25, 0.3) is 0 Å². The fourth-order valence-corrected chi connectivity index (χ4v) is 11.0. The molecule has 0 atom stereocenters. The second-order valence-electron chi connectivity index (χ2n) is 9.55. The molecule has 0 aliphatic rings. The molecule has 0 spiro atoms. The number of nitrogens with zero attached hydrogens (tertiary/aromatic N) is 1. The van der Waals surface area contributed by atoms with Gasteiger partial charge in [0.15, 0.2) is 8.07 Å². The predicted octanol–water partition coefficient (Wildman–Crippen LogP) is 7.30. The van der Waals surface area contributed by atoms with Crippen LogP contribution in [0, 0.1) is 0 Å². The molecule has 0 aromatic heterocycles. The number of rotatable bonds is 7. The van der Waals surface area contributed by atoms with E-state index in [1.807, 2.05) is 0 Å². The highest BCUT2D eigenvalue weighted by Crippen LogP contribution is 2.33. The molecule has 1 nitrogen and oxygen atoms in total. The maximum Gasteiger partial charge on any atom is 0.179 e. The Balaban J connectivity index is 1.66. The van der Waals surface area contributed by atoms with Crippen molar-refractivity contribution >= 4 is 61.8 Å². The molecule has 6 rings (SSSR count). The summed E-state index contributed by atoms with van der Waals surface area (Å²) in [5.41, 5.74) is 3.41. The first-order chi connectivity index (χ1) is 19.3. The molecule has 0 fully saturated rings. The number of para-hydroxylation sites is 2. The van der Waals surface area contributed by atoms with E-state index >= 15 is 0 Å². The number of hydrogen-bond donors (Lipinski definition) is 0. The van der Waals surface area contributed by atoms with E-state index in [1.54, 1.807) is 0 Å². The second kappa shape index (κ2) is 11.3. The molecule has 39 heavy (non-hydrogen) atoms. The predicted molar refractivity (Wildman–Crippen MR) is 172 cm³/mol. The van der Waals surface area contributed by atoms with E-state index < -0.39 is 8.07 Å². The number of hydrogen-bond acceptors (Lipinski definition) is 1. The van der Waals surface area contributed by atoms with Gasteiger partial charge in [-0.05, 0) is 69.3 Å². The lowest BCUT2D eigenvalue weighted by Crippen LogP contribution is -2.74. The van der Waals surface area contributed by atoms with Gasteiger partial charge in [-0.25, -0.2) is 0 Å². The van der Waals surface area contributed by atoms with Crippen LogP contribution in [0.2, 0.25) is 0 Å². The third-order valence-electron chi connectivity index (χ3n) is 7.24. The van der Waals surface area contributed by atoms with E-state index in [0.29, 0.717) is 0 Å². The van der Waals surface area contributed by atoms with E-state index in [9.17, 15) is 0 Å². The van der Waals surface area contributed by atoms with Crippen molar-refractivity contribution in [2.45, 2.75) is 0 Å². The summed E-state index contributed by atoms with van der Waals surface area (Å²) >= 11 is 3.79. The first-order valence-corrected chi connectivity index (χ1v) is 15.9. The molecule has 0 radical (unpaired) electrons. The molecular formula is C36H28BrNSi. The van der Waals surface area contributed by atoms with Crippen LogP contribution >= 0.6 is 15.9 Å². The van der Waals surface area contributed by atoms with Crippen LogP contribution in [0.5, 0.6) is 0 Å². The minimum Gasteiger partial charge on any atom is -0.311 e. The average Bonchev–Trinajstić information content (AvgIpc) is 3.00. The van der Waals surface area contributed by atoms with Crippen molar-refractivity contribution in [3.05, 3.63) is 174 Å². The van der Waals surface area contributed by atoms with Crippen LogP contribution in [-0.4, -0.2) is 8.07 Å². The molecule has 0 aliphatic heterocycles. The van der Waals surface area contributed by atoms with E-state index in [1.165, 1.54) is 20.7 Å². The zero-order valence-electron chi connectivity index (χ0n) is 21.5. The average molecular weight is 583 g/mol. The number of halogens is 1. The molecule has 0 bridgehead atoms. The smallest absolute Gasteiger partial charge is 0.179 e. The summed E-state index contributed by atoms with van der Waals surface area (Å²) in [5.74, 6) is 0. The van der Waals surface area contributed by atoms with Gasteiger partial charge in [0.2, 0.25) is 0 Å². The molecule has 3 heteroatoms. The second-order valence-corrected chi connectivity index (χ2v) is 14.3. The van der Waals surface area contributed by atoms with Gasteiger partial charge in [-0.3, -0.25) is 0 Å². The van der Waals surface area contributed by atoms with Gasteiger partial charge < -0.3 is 4.90 Å². The molecule has 0 heterocycles. The van der Waals surface area contributed by atoms with Gasteiger partial charge in [-0.1, -0.05) is 137 Å². The molecule has 0 N–H and O–H groups in total. The van der Waals surface area contributed by atoms with Crippen LogP contribution in [0.15, 0.2) is 174 Å². The zero-order chi connectivity index (χ0) is 26.5. The third-order valence-corrected chi connectivity index (χ3v) is 12.5. The van der Waals surface area contributed by atoms with Gasteiger partial charge in [0, 0.05) is 21.5 Å². The van der Waals surface area contributed by atoms with Crippen molar-refractivity contribution in [3.63, 3.8) is 0 Å². The largest absolute Gasteiger partial charge is 0.311 e. The highest BCUT2D eigenvalue weighted by molar-refractivity contribution is 9.10. The highest BCUT2D eigenvalue weighted by atomic mass is 79.9. The molecule has 6 aromatic carbocycles. The van der Waals surface area contributed by atoms with Gasteiger partial charge in [0.1, 0.15) is 0 Å². The minimum atomic E-state index is -2.67. The highest BCUT2D eigenvalue weighted by Gasteiger charge is 2.41. The summed E-state index contributed by atoms with van der Waals surface area (Å²) in [4.78, 5) is 2.35. The first kappa shape index (κ1) is 25.1.